The Morgan fingerprint density at radius 2 is 1.74 bits per heavy atom. The Balaban J connectivity index is 1.99. The fourth-order valence-electron chi connectivity index (χ4n) is 6.20. The number of hydrogen-bond acceptors (Lipinski definition) is 4. The summed E-state index contributed by atoms with van der Waals surface area (Å²) in [5.74, 6) is -1.69. The molecule has 176 valence electrons. The molecule has 3 fully saturated rings. The number of aliphatic hydroxyl groups excluding tert-OH is 1. The summed E-state index contributed by atoms with van der Waals surface area (Å²) in [5.41, 5.74) is 10.1. The average Bonchev–Trinajstić information content (AvgIpc) is 3.49. The van der Waals surface area contributed by atoms with E-state index in [4.69, 9.17) is 11.5 Å². The van der Waals surface area contributed by atoms with Crippen LogP contribution in [0.5, 0.6) is 0 Å². The number of rotatable bonds is 10. The van der Waals surface area contributed by atoms with E-state index in [1.165, 1.54) is 6.42 Å². The van der Waals surface area contributed by atoms with Crippen molar-refractivity contribution in [2.24, 2.45) is 40.6 Å². The van der Waals surface area contributed by atoms with Crippen LogP contribution in [-0.2, 0) is 14.4 Å². The van der Waals surface area contributed by atoms with Crippen LogP contribution in [0.15, 0.2) is 0 Å². The predicted molar refractivity (Wildman–Crippen MR) is 118 cm³/mol. The monoisotopic (exact) mass is 435 g/mol. The maximum absolute atomic E-state index is 13.1. The van der Waals surface area contributed by atoms with Gasteiger partial charge in [0.2, 0.25) is 17.7 Å². The molecule has 0 aromatic heterocycles. The summed E-state index contributed by atoms with van der Waals surface area (Å²) in [6, 6.07) is 0. The number of carbonyl (C=O) groups excluding carboxylic acids is 3. The first-order valence-electron chi connectivity index (χ1n) is 12.0. The van der Waals surface area contributed by atoms with Crippen molar-refractivity contribution in [3.05, 3.63) is 0 Å². The minimum atomic E-state index is -1.20. The van der Waals surface area contributed by atoms with E-state index in [-0.39, 0.29) is 17.9 Å². The van der Waals surface area contributed by atoms with Crippen LogP contribution in [0, 0.1) is 29.1 Å². The van der Waals surface area contributed by atoms with Gasteiger partial charge in [0.05, 0.1) is 17.4 Å². The molecule has 31 heavy (non-hydrogen) atoms. The quantitative estimate of drug-likeness (QED) is 0.487. The first kappa shape index (κ1) is 24.0. The second kappa shape index (κ2) is 9.08. The van der Waals surface area contributed by atoms with Crippen LogP contribution < -0.4 is 11.5 Å². The van der Waals surface area contributed by atoms with Crippen LogP contribution in [0.25, 0.3) is 0 Å². The Kier molecular flexibility index (Phi) is 7.04. The van der Waals surface area contributed by atoms with Gasteiger partial charge in [0.25, 0.3) is 0 Å². The third kappa shape index (κ3) is 5.07. The highest BCUT2D eigenvalue weighted by Crippen LogP contribution is 2.52. The largest absolute Gasteiger partial charge is 0.392 e. The Hall–Kier alpha value is -1.63. The van der Waals surface area contributed by atoms with Gasteiger partial charge < -0.3 is 21.5 Å². The zero-order chi connectivity index (χ0) is 23.0. The molecule has 4 atom stereocenters. The first-order valence-corrected chi connectivity index (χ1v) is 12.0. The third-order valence-electron chi connectivity index (χ3n) is 8.45. The molecule has 3 amide bonds. The summed E-state index contributed by atoms with van der Waals surface area (Å²) in [6.45, 7) is 3.98. The Morgan fingerprint density at radius 3 is 2.19 bits per heavy atom. The smallest absolute Gasteiger partial charge is 0.228 e. The van der Waals surface area contributed by atoms with E-state index < -0.39 is 35.2 Å². The fraction of sp³-hybridized carbons (Fsp3) is 0.875. The fourth-order valence-corrected chi connectivity index (χ4v) is 6.20. The highest BCUT2D eigenvalue weighted by Gasteiger charge is 2.56. The van der Waals surface area contributed by atoms with E-state index >= 15 is 0 Å². The topological polar surface area (TPSA) is 127 Å². The van der Waals surface area contributed by atoms with Crippen molar-refractivity contribution in [2.75, 3.05) is 7.05 Å². The lowest BCUT2D eigenvalue weighted by molar-refractivity contribution is -0.148. The second-order valence-corrected chi connectivity index (χ2v) is 11.2. The van der Waals surface area contributed by atoms with Gasteiger partial charge in [-0.25, -0.2) is 0 Å². The Bertz CT molecular complexity index is 699. The van der Waals surface area contributed by atoms with E-state index in [0.717, 1.165) is 38.5 Å². The highest BCUT2D eigenvalue weighted by molar-refractivity contribution is 5.88. The number of nitrogens with zero attached hydrogens (tertiary/aromatic N) is 1. The van der Waals surface area contributed by atoms with Crippen molar-refractivity contribution in [2.45, 2.75) is 96.1 Å². The van der Waals surface area contributed by atoms with Crippen LogP contribution in [0.3, 0.4) is 0 Å². The average molecular weight is 436 g/mol. The lowest BCUT2D eigenvalue weighted by atomic mass is 9.61. The minimum Gasteiger partial charge on any atom is -0.392 e. The summed E-state index contributed by atoms with van der Waals surface area (Å²) in [5, 5.41) is 11.7. The lowest BCUT2D eigenvalue weighted by Gasteiger charge is -2.43. The number of amides is 3. The maximum atomic E-state index is 13.1. The molecule has 0 spiro atoms. The highest BCUT2D eigenvalue weighted by atomic mass is 16.3. The molecule has 0 radical (unpaired) electrons. The van der Waals surface area contributed by atoms with Gasteiger partial charge in [-0.05, 0) is 44.9 Å². The molecule has 0 unspecified atom stereocenters. The molecule has 0 bridgehead atoms. The van der Waals surface area contributed by atoms with Gasteiger partial charge in [-0.1, -0.05) is 44.9 Å². The molecule has 2 aliphatic carbocycles. The SMILES string of the molecule is CN1C(=O)[C@H]([C@@H](O)[C@@H](CC2CCCCC2)[C@](CC(N)=O)(CC2CC2)C(N)=O)CC1(C)C. The van der Waals surface area contributed by atoms with Gasteiger partial charge >= 0.3 is 0 Å². The van der Waals surface area contributed by atoms with Gasteiger partial charge in [0, 0.05) is 24.9 Å². The lowest BCUT2D eigenvalue weighted by Crippen LogP contribution is -2.53. The molecule has 2 saturated carbocycles. The van der Waals surface area contributed by atoms with E-state index in [9.17, 15) is 19.5 Å². The molecule has 7 nitrogen and oxygen atoms in total. The molecule has 1 aliphatic heterocycles. The minimum absolute atomic E-state index is 0.102. The summed E-state index contributed by atoms with van der Waals surface area (Å²) in [7, 11) is 1.76. The molecule has 1 saturated heterocycles. The molecule has 5 N–H and O–H groups in total. The molecule has 0 aromatic carbocycles. The van der Waals surface area contributed by atoms with Crippen molar-refractivity contribution in [1.82, 2.24) is 4.90 Å². The summed E-state index contributed by atoms with van der Waals surface area (Å²) >= 11 is 0. The predicted octanol–water partition coefficient (Wildman–Crippen LogP) is 2.34. The van der Waals surface area contributed by atoms with Crippen molar-refractivity contribution in [3.8, 4) is 0 Å². The van der Waals surface area contributed by atoms with Gasteiger partial charge in [-0.2, -0.15) is 0 Å². The van der Waals surface area contributed by atoms with Crippen LogP contribution in [0.1, 0.15) is 84.5 Å². The zero-order valence-electron chi connectivity index (χ0n) is 19.4. The molecular formula is C24H41N3O4. The van der Waals surface area contributed by atoms with E-state index in [1.807, 2.05) is 13.8 Å². The number of likely N-dealkylation sites (tertiary alicyclic amines) is 1. The van der Waals surface area contributed by atoms with Gasteiger partial charge in [-0.15, -0.1) is 0 Å². The number of nitrogens with two attached hydrogens (primary N) is 2. The summed E-state index contributed by atoms with van der Waals surface area (Å²) in [6.07, 6.45) is 7.96. The maximum Gasteiger partial charge on any atom is 0.228 e. The zero-order valence-corrected chi connectivity index (χ0v) is 19.4. The molecular weight excluding hydrogens is 394 g/mol. The standard InChI is InChI=1S/C24H41N3O4/c1-23(2)13-17(21(30)27(23)3)20(29)18(11-15-7-5-4-6-8-15)24(22(26)31,14-19(25)28)12-16-9-10-16/h15-18,20,29H,4-14H2,1-3H3,(H2,25,28)(H2,26,31)/t17-,18+,20+,24+/m0/s1. The third-order valence-corrected chi connectivity index (χ3v) is 8.45. The molecule has 7 heteroatoms. The van der Waals surface area contributed by atoms with Crippen LogP contribution in [0.2, 0.25) is 0 Å². The normalized spacial score (nSPS) is 28.2. The second-order valence-electron chi connectivity index (χ2n) is 11.2. The number of carbonyl (C=O) groups is 3. The van der Waals surface area contributed by atoms with Crippen molar-refractivity contribution in [3.63, 3.8) is 0 Å². The van der Waals surface area contributed by atoms with Crippen molar-refractivity contribution in [1.29, 1.82) is 0 Å². The summed E-state index contributed by atoms with van der Waals surface area (Å²) in [4.78, 5) is 39.9. The van der Waals surface area contributed by atoms with Gasteiger partial charge in [0.15, 0.2) is 0 Å². The van der Waals surface area contributed by atoms with Gasteiger partial charge in [0.1, 0.15) is 0 Å². The number of primary amides is 2. The van der Waals surface area contributed by atoms with Crippen molar-refractivity contribution < 1.29 is 19.5 Å². The number of hydrogen-bond donors (Lipinski definition) is 3. The van der Waals surface area contributed by atoms with E-state index in [0.29, 0.717) is 31.1 Å². The molecule has 3 aliphatic rings. The Morgan fingerprint density at radius 1 is 1.13 bits per heavy atom. The Labute approximate surface area is 186 Å². The van der Waals surface area contributed by atoms with Crippen LogP contribution in [0.4, 0.5) is 0 Å². The molecule has 3 rings (SSSR count). The summed E-state index contributed by atoms with van der Waals surface area (Å²) < 4.78 is 0. The first-order chi connectivity index (χ1) is 14.5. The molecule has 0 aromatic rings. The molecule has 1 heterocycles. The van der Waals surface area contributed by atoms with E-state index in [1.54, 1.807) is 11.9 Å². The van der Waals surface area contributed by atoms with Gasteiger partial charge in [-0.3, -0.25) is 14.4 Å². The van der Waals surface area contributed by atoms with Crippen molar-refractivity contribution >= 4 is 17.7 Å². The van der Waals surface area contributed by atoms with E-state index in [2.05, 4.69) is 0 Å². The number of aliphatic hydroxyl groups is 1. The van der Waals surface area contributed by atoms with Crippen LogP contribution >= 0.6 is 0 Å². The van der Waals surface area contributed by atoms with Crippen LogP contribution in [-0.4, -0.2) is 46.4 Å².